The van der Waals surface area contributed by atoms with Crippen molar-refractivity contribution in [2.75, 3.05) is 36.9 Å². The molecule has 0 spiro atoms. The van der Waals surface area contributed by atoms with Gasteiger partial charge in [0.1, 0.15) is 16.9 Å². The highest BCUT2D eigenvalue weighted by atomic mass is 16.5. The van der Waals surface area contributed by atoms with E-state index in [2.05, 4.69) is 9.88 Å². The van der Waals surface area contributed by atoms with Gasteiger partial charge >= 0.3 is 0 Å². The van der Waals surface area contributed by atoms with Gasteiger partial charge in [-0.25, -0.2) is 9.97 Å². The van der Waals surface area contributed by atoms with Crippen molar-refractivity contribution in [2.24, 2.45) is 0 Å². The van der Waals surface area contributed by atoms with Gasteiger partial charge in [-0.1, -0.05) is 0 Å². The van der Waals surface area contributed by atoms with Gasteiger partial charge in [0, 0.05) is 24.2 Å². The Kier molecular flexibility index (Phi) is 3.60. The molecule has 2 aliphatic rings. The molecule has 1 aromatic carbocycles. The van der Waals surface area contributed by atoms with Crippen molar-refractivity contribution >= 4 is 22.9 Å². The summed E-state index contributed by atoms with van der Waals surface area (Å²) in [4.78, 5) is 16.2. The standard InChI is InChI=1S/C19H21N5O3/c1-19(2)15-12(10-26-19)17(24-5-7-25-8-6-24)23-16(22-15)11-3-4-13-14(9-11)27-18(20)21-13/h3-4,9H,5-8,10H2,1-2H3,(H2,20,21). The fourth-order valence-corrected chi connectivity index (χ4v) is 3.67. The minimum atomic E-state index is -0.450. The smallest absolute Gasteiger partial charge is 0.292 e. The van der Waals surface area contributed by atoms with Crippen molar-refractivity contribution in [2.45, 2.75) is 26.1 Å². The Bertz CT molecular complexity index is 1020. The van der Waals surface area contributed by atoms with E-state index in [0.29, 0.717) is 31.2 Å². The molecule has 4 heterocycles. The molecule has 2 N–H and O–H groups in total. The van der Waals surface area contributed by atoms with Crippen molar-refractivity contribution in [1.29, 1.82) is 0 Å². The van der Waals surface area contributed by atoms with Crippen LogP contribution in [0.1, 0.15) is 25.1 Å². The Labute approximate surface area is 156 Å². The Morgan fingerprint density at radius 1 is 1.11 bits per heavy atom. The van der Waals surface area contributed by atoms with E-state index in [9.17, 15) is 0 Å². The second-order valence-electron chi connectivity index (χ2n) is 7.33. The van der Waals surface area contributed by atoms with Crippen molar-refractivity contribution in [3.63, 3.8) is 0 Å². The molecule has 0 saturated carbocycles. The summed E-state index contributed by atoms with van der Waals surface area (Å²) in [6.07, 6.45) is 0. The summed E-state index contributed by atoms with van der Waals surface area (Å²) in [6.45, 7) is 7.61. The average Bonchev–Trinajstić information content (AvgIpc) is 3.19. The molecule has 2 aromatic heterocycles. The summed E-state index contributed by atoms with van der Waals surface area (Å²) in [5.41, 5.74) is 9.42. The predicted molar refractivity (Wildman–Crippen MR) is 100 cm³/mol. The summed E-state index contributed by atoms with van der Waals surface area (Å²) in [6, 6.07) is 5.85. The van der Waals surface area contributed by atoms with E-state index in [0.717, 1.165) is 41.2 Å². The molecule has 8 nitrogen and oxygen atoms in total. The van der Waals surface area contributed by atoms with E-state index >= 15 is 0 Å². The van der Waals surface area contributed by atoms with Crippen LogP contribution in [-0.4, -0.2) is 41.3 Å². The van der Waals surface area contributed by atoms with Crippen LogP contribution < -0.4 is 10.6 Å². The maximum Gasteiger partial charge on any atom is 0.292 e. The maximum atomic E-state index is 6.00. The molecular formula is C19H21N5O3. The van der Waals surface area contributed by atoms with Gasteiger partial charge in [-0.15, -0.1) is 0 Å². The molecule has 0 atom stereocenters. The van der Waals surface area contributed by atoms with Crippen LogP contribution in [0.15, 0.2) is 22.6 Å². The number of oxazole rings is 1. The zero-order valence-electron chi connectivity index (χ0n) is 15.4. The second-order valence-corrected chi connectivity index (χ2v) is 7.33. The van der Waals surface area contributed by atoms with Crippen LogP contribution in [-0.2, 0) is 21.7 Å². The molecule has 8 heteroatoms. The normalized spacial score (nSPS) is 18.8. The van der Waals surface area contributed by atoms with E-state index < -0.39 is 5.60 Å². The number of morpholine rings is 1. The summed E-state index contributed by atoms with van der Waals surface area (Å²) in [5.74, 6) is 1.58. The fourth-order valence-electron chi connectivity index (χ4n) is 3.67. The third-order valence-corrected chi connectivity index (χ3v) is 5.11. The van der Waals surface area contributed by atoms with Gasteiger partial charge in [0.15, 0.2) is 11.4 Å². The lowest BCUT2D eigenvalue weighted by Gasteiger charge is -2.29. The maximum absolute atomic E-state index is 6.00. The van der Waals surface area contributed by atoms with Crippen molar-refractivity contribution in [3.8, 4) is 11.4 Å². The van der Waals surface area contributed by atoms with E-state index in [1.54, 1.807) is 0 Å². The molecule has 27 heavy (non-hydrogen) atoms. The molecule has 3 aromatic rings. The number of fused-ring (bicyclic) bond motifs is 2. The highest BCUT2D eigenvalue weighted by Crippen LogP contribution is 2.40. The van der Waals surface area contributed by atoms with Crippen LogP contribution in [0.25, 0.3) is 22.5 Å². The molecule has 1 saturated heterocycles. The first kappa shape index (κ1) is 16.5. The number of nitrogens with two attached hydrogens (primary N) is 1. The number of nitrogens with zero attached hydrogens (tertiary/aromatic N) is 4. The number of benzene rings is 1. The van der Waals surface area contributed by atoms with E-state index in [4.69, 9.17) is 29.6 Å². The molecule has 0 amide bonds. The van der Waals surface area contributed by atoms with Gasteiger partial charge < -0.3 is 24.5 Å². The largest absolute Gasteiger partial charge is 0.424 e. The zero-order chi connectivity index (χ0) is 18.6. The van der Waals surface area contributed by atoms with Crippen molar-refractivity contribution in [3.05, 3.63) is 29.5 Å². The quantitative estimate of drug-likeness (QED) is 0.737. The van der Waals surface area contributed by atoms with Crippen LogP contribution >= 0.6 is 0 Å². The first-order valence-corrected chi connectivity index (χ1v) is 9.06. The third kappa shape index (κ3) is 2.72. The topological polar surface area (TPSA) is 99.5 Å². The summed E-state index contributed by atoms with van der Waals surface area (Å²) >= 11 is 0. The Balaban J connectivity index is 1.67. The minimum absolute atomic E-state index is 0.153. The second kappa shape index (κ2) is 5.90. The van der Waals surface area contributed by atoms with Crippen molar-refractivity contribution in [1.82, 2.24) is 15.0 Å². The van der Waals surface area contributed by atoms with Crippen LogP contribution in [0.4, 0.5) is 11.8 Å². The molecule has 0 aliphatic carbocycles. The molecular weight excluding hydrogens is 346 g/mol. The molecule has 1 fully saturated rings. The van der Waals surface area contributed by atoms with Gasteiger partial charge in [-0.2, -0.15) is 4.98 Å². The van der Waals surface area contributed by atoms with Crippen LogP contribution in [0.5, 0.6) is 0 Å². The number of ether oxygens (including phenoxy) is 2. The number of anilines is 2. The van der Waals surface area contributed by atoms with Crippen molar-refractivity contribution < 1.29 is 13.9 Å². The number of nitrogen functional groups attached to an aromatic ring is 1. The van der Waals surface area contributed by atoms with Crippen LogP contribution in [0.3, 0.4) is 0 Å². The molecule has 140 valence electrons. The molecule has 0 unspecified atom stereocenters. The molecule has 5 rings (SSSR count). The lowest BCUT2D eigenvalue weighted by atomic mass is 10.0. The molecule has 0 radical (unpaired) electrons. The highest BCUT2D eigenvalue weighted by molar-refractivity contribution is 5.80. The first-order chi connectivity index (χ1) is 13.0. The number of aromatic nitrogens is 3. The Morgan fingerprint density at radius 2 is 1.93 bits per heavy atom. The lowest BCUT2D eigenvalue weighted by Crippen LogP contribution is -2.37. The van der Waals surface area contributed by atoms with E-state index in [1.807, 2.05) is 32.0 Å². The van der Waals surface area contributed by atoms with Gasteiger partial charge in [0.25, 0.3) is 6.01 Å². The highest BCUT2D eigenvalue weighted by Gasteiger charge is 2.37. The molecule has 2 aliphatic heterocycles. The Morgan fingerprint density at radius 3 is 2.74 bits per heavy atom. The SMILES string of the molecule is CC1(C)OCc2c(N3CCOCC3)nc(-c3ccc4nc(N)oc4c3)nc21. The third-order valence-electron chi connectivity index (χ3n) is 5.11. The van der Waals surface area contributed by atoms with Crippen LogP contribution in [0, 0.1) is 0 Å². The van der Waals surface area contributed by atoms with Crippen LogP contribution in [0.2, 0.25) is 0 Å². The summed E-state index contributed by atoms with van der Waals surface area (Å²) < 4.78 is 17.0. The predicted octanol–water partition coefficient (Wildman–Crippen LogP) is 2.47. The summed E-state index contributed by atoms with van der Waals surface area (Å²) in [7, 11) is 0. The van der Waals surface area contributed by atoms with Gasteiger partial charge in [-0.3, -0.25) is 0 Å². The first-order valence-electron chi connectivity index (χ1n) is 9.06. The minimum Gasteiger partial charge on any atom is -0.424 e. The number of hydrogen-bond donors (Lipinski definition) is 1. The van der Waals surface area contributed by atoms with E-state index in [-0.39, 0.29) is 6.01 Å². The average molecular weight is 367 g/mol. The molecule has 0 bridgehead atoms. The van der Waals surface area contributed by atoms with Gasteiger partial charge in [-0.05, 0) is 32.0 Å². The number of rotatable bonds is 2. The summed E-state index contributed by atoms with van der Waals surface area (Å²) in [5, 5.41) is 0. The fraction of sp³-hybridized carbons (Fsp3) is 0.421. The monoisotopic (exact) mass is 367 g/mol. The lowest BCUT2D eigenvalue weighted by molar-refractivity contribution is -0.0100. The number of hydrogen-bond acceptors (Lipinski definition) is 8. The van der Waals surface area contributed by atoms with E-state index in [1.165, 1.54) is 0 Å². The Hall–Kier alpha value is -2.71. The van der Waals surface area contributed by atoms with Gasteiger partial charge in [0.2, 0.25) is 0 Å². The van der Waals surface area contributed by atoms with Gasteiger partial charge in [0.05, 0.1) is 25.5 Å². The zero-order valence-corrected chi connectivity index (χ0v) is 15.4.